The lowest BCUT2D eigenvalue weighted by atomic mass is 10.1. The molecule has 0 unspecified atom stereocenters. The van der Waals surface area contributed by atoms with Crippen molar-refractivity contribution < 1.29 is 9.47 Å². The fraction of sp³-hybridized carbons (Fsp3) is 0.500. The second-order valence-corrected chi connectivity index (χ2v) is 7.94. The summed E-state index contributed by atoms with van der Waals surface area (Å²) in [5.41, 5.74) is 2.16. The Morgan fingerprint density at radius 1 is 1.26 bits per heavy atom. The summed E-state index contributed by atoms with van der Waals surface area (Å²) in [7, 11) is 5.14. The summed E-state index contributed by atoms with van der Waals surface area (Å²) in [6.07, 6.45) is 3.46. The van der Waals surface area contributed by atoms with Crippen LogP contribution in [0, 0.1) is 0 Å². The minimum Gasteiger partial charge on any atom is -0.493 e. The number of nitrogens with zero attached hydrogens (tertiary/aromatic N) is 5. The molecule has 2 heterocycles. The van der Waals surface area contributed by atoms with E-state index in [9.17, 15) is 0 Å². The number of ether oxygens (including phenoxy) is 2. The van der Waals surface area contributed by atoms with Crippen LogP contribution in [0.4, 0.5) is 5.13 Å². The van der Waals surface area contributed by atoms with Gasteiger partial charge in [0.25, 0.3) is 0 Å². The molecule has 168 valence electrons. The van der Waals surface area contributed by atoms with Crippen LogP contribution in [-0.2, 0) is 19.4 Å². The maximum atomic E-state index is 5.53. The number of aryl methyl sites for hydroxylation is 1. The smallest absolute Gasteiger partial charge is 0.205 e. The van der Waals surface area contributed by atoms with E-state index in [4.69, 9.17) is 9.47 Å². The minimum absolute atomic E-state index is 0.646. The van der Waals surface area contributed by atoms with Crippen molar-refractivity contribution in [3.8, 4) is 11.5 Å². The monoisotopic (exact) mass is 444 g/mol. The molecule has 0 atom stereocenters. The van der Waals surface area contributed by atoms with Gasteiger partial charge in [0, 0.05) is 63.3 Å². The van der Waals surface area contributed by atoms with E-state index >= 15 is 0 Å². The zero-order valence-electron chi connectivity index (χ0n) is 18.8. The van der Waals surface area contributed by atoms with Crippen molar-refractivity contribution in [1.29, 1.82) is 0 Å². The van der Waals surface area contributed by atoms with Crippen molar-refractivity contribution in [2.75, 3.05) is 52.3 Å². The highest BCUT2D eigenvalue weighted by atomic mass is 32.1. The van der Waals surface area contributed by atoms with Gasteiger partial charge in [-0.2, -0.15) is 4.37 Å². The third-order valence-corrected chi connectivity index (χ3v) is 6.08. The topological polar surface area (TPSA) is 75.1 Å². The summed E-state index contributed by atoms with van der Waals surface area (Å²) in [5, 5.41) is 4.50. The Bertz CT molecular complexity index is 905. The molecule has 0 aliphatic carbocycles. The Morgan fingerprint density at radius 2 is 2.03 bits per heavy atom. The molecular formula is C22H32N6O2S. The standard InChI is InChI=1S/C22H32N6O2S/c1-6-8-17-13-16(14-18(29-4)20(17)30-5)15-24-21(23-3)27-9-11-28(12-10-27)22-25-19(7-2)26-31-22/h6,13-14H,1,7-12,15H2,2-5H3,(H,23,24). The fourth-order valence-corrected chi connectivity index (χ4v) is 4.46. The van der Waals surface area contributed by atoms with Crippen LogP contribution in [0.1, 0.15) is 23.9 Å². The number of guanidine groups is 1. The predicted molar refractivity (Wildman–Crippen MR) is 127 cm³/mol. The molecule has 0 spiro atoms. The Balaban J connectivity index is 1.62. The van der Waals surface area contributed by atoms with Crippen molar-refractivity contribution in [3.05, 3.63) is 41.7 Å². The molecule has 31 heavy (non-hydrogen) atoms. The van der Waals surface area contributed by atoms with Gasteiger partial charge in [0.05, 0.1) is 14.2 Å². The molecule has 1 aliphatic heterocycles. The summed E-state index contributed by atoms with van der Waals surface area (Å²) in [6.45, 7) is 10.1. The van der Waals surface area contributed by atoms with Crippen LogP contribution in [0.3, 0.4) is 0 Å². The molecule has 0 radical (unpaired) electrons. The molecule has 8 nitrogen and oxygen atoms in total. The van der Waals surface area contributed by atoms with Gasteiger partial charge in [0.2, 0.25) is 5.13 Å². The Kier molecular flexibility index (Phi) is 8.11. The van der Waals surface area contributed by atoms with Gasteiger partial charge in [0.1, 0.15) is 5.82 Å². The number of rotatable bonds is 8. The van der Waals surface area contributed by atoms with Gasteiger partial charge in [-0.1, -0.05) is 13.0 Å². The van der Waals surface area contributed by atoms with Gasteiger partial charge >= 0.3 is 0 Å². The van der Waals surface area contributed by atoms with Crippen molar-refractivity contribution >= 4 is 22.6 Å². The quantitative estimate of drug-likeness (QED) is 0.381. The minimum atomic E-state index is 0.646. The number of allylic oxidation sites excluding steroid dienone is 1. The molecular weight excluding hydrogens is 412 g/mol. The van der Waals surface area contributed by atoms with Crippen LogP contribution in [0.5, 0.6) is 11.5 Å². The van der Waals surface area contributed by atoms with E-state index in [1.807, 2.05) is 19.2 Å². The average molecular weight is 445 g/mol. The molecule has 0 bridgehead atoms. The molecule has 1 N–H and O–H groups in total. The number of aromatic nitrogens is 2. The predicted octanol–water partition coefficient (Wildman–Crippen LogP) is 2.74. The van der Waals surface area contributed by atoms with Gasteiger partial charge in [-0.25, -0.2) is 4.98 Å². The molecule has 1 fully saturated rings. The maximum Gasteiger partial charge on any atom is 0.205 e. The second kappa shape index (κ2) is 11.0. The fourth-order valence-electron chi connectivity index (χ4n) is 3.66. The Hall–Kier alpha value is -2.81. The van der Waals surface area contributed by atoms with E-state index in [-0.39, 0.29) is 0 Å². The Morgan fingerprint density at radius 3 is 2.61 bits per heavy atom. The zero-order chi connectivity index (χ0) is 22.2. The highest BCUT2D eigenvalue weighted by molar-refractivity contribution is 7.09. The lowest BCUT2D eigenvalue weighted by Gasteiger charge is -2.36. The van der Waals surface area contributed by atoms with Crippen molar-refractivity contribution in [1.82, 2.24) is 19.6 Å². The molecule has 1 aromatic heterocycles. The van der Waals surface area contributed by atoms with Crippen LogP contribution in [-0.4, -0.2) is 67.7 Å². The number of piperazine rings is 1. The summed E-state index contributed by atoms with van der Waals surface area (Å²) in [6, 6.07) is 4.13. The third kappa shape index (κ3) is 5.46. The van der Waals surface area contributed by atoms with Gasteiger partial charge < -0.3 is 24.6 Å². The molecule has 3 rings (SSSR count). The first-order valence-corrected chi connectivity index (χ1v) is 11.3. The molecule has 9 heteroatoms. The van der Waals surface area contributed by atoms with E-state index in [0.29, 0.717) is 6.54 Å². The van der Waals surface area contributed by atoms with E-state index in [0.717, 1.165) is 78.6 Å². The second-order valence-electron chi connectivity index (χ2n) is 7.20. The van der Waals surface area contributed by atoms with Crippen LogP contribution >= 0.6 is 11.5 Å². The van der Waals surface area contributed by atoms with E-state index in [1.165, 1.54) is 11.5 Å². The highest BCUT2D eigenvalue weighted by Crippen LogP contribution is 2.33. The van der Waals surface area contributed by atoms with Crippen LogP contribution < -0.4 is 19.7 Å². The molecule has 1 aliphatic rings. The maximum absolute atomic E-state index is 5.53. The largest absolute Gasteiger partial charge is 0.493 e. The normalized spacial score (nSPS) is 14.5. The number of hydrogen-bond donors (Lipinski definition) is 1. The van der Waals surface area contributed by atoms with Crippen LogP contribution in [0.15, 0.2) is 29.8 Å². The van der Waals surface area contributed by atoms with Crippen LogP contribution in [0.25, 0.3) is 0 Å². The van der Waals surface area contributed by atoms with Gasteiger partial charge in [-0.3, -0.25) is 4.99 Å². The highest BCUT2D eigenvalue weighted by Gasteiger charge is 2.22. The average Bonchev–Trinajstić information content (AvgIpc) is 3.29. The summed E-state index contributed by atoms with van der Waals surface area (Å²) in [4.78, 5) is 13.7. The number of nitrogens with one attached hydrogen (secondary N) is 1. The number of methoxy groups -OCH3 is 2. The van der Waals surface area contributed by atoms with E-state index in [1.54, 1.807) is 14.2 Å². The van der Waals surface area contributed by atoms with Crippen molar-refractivity contribution in [2.45, 2.75) is 26.3 Å². The molecule has 0 amide bonds. The first-order chi connectivity index (χ1) is 15.1. The molecule has 2 aromatic rings. The lowest BCUT2D eigenvalue weighted by Crippen LogP contribution is -2.52. The van der Waals surface area contributed by atoms with Gasteiger partial charge in [0.15, 0.2) is 17.5 Å². The van der Waals surface area contributed by atoms with Gasteiger partial charge in [-0.15, -0.1) is 6.58 Å². The number of anilines is 1. The van der Waals surface area contributed by atoms with E-state index in [2.05, 4.69) is 49.0 Å². The number of aliphatic imine (C=N–C) groups is 1. The molecule has 0 saturated carbocycles. The first-order valence-electron chi connectivity index (χ1n) is 10.5. The van der Waals surface area contributed by atoms with Crippen LogP contribution in [0.2, 0.25) is 0 Å². The first kappa shape index (κ1) is 22.9. The zero-order valence-corrected chi connectivity index (χ0v) is 19.7. The third-order valence-electron chi connectivity index (χ3n) is 5.27. The van der Waals surface area contributed by atoms with Gasteiger partial charge in [-0.05, 0) is 24.1 Å². The van der Waals surface area contributed by atoms with Crippen molar-refractivity contribution in [2.24, 2.45) is 4.99 Å². The SMILES string of the molecule is C=CCc1cc(CNC(=NC)N2CCN(c3nc(CC)ns3)CC2)cc(OC)c1OC. The van der Waals surface area contributed by atoms with Crippen molar-refractivity contribution in [3.63, 3.8) is 0 Å². The van der Waals surface area contributed by atoms with E-state index < -0.39 is 0 Å². The summed E-state index contributed by atoms with van der Waals surface area (Å²) in [5.74, 6) is 3.30. The molecule has 1 saturated heterocycles. The molecule has 1 aromatic carbocycles. The number of benzene rings is 1. The summed E-state index contributed by atoms with van der Waals surface area (Å²) < 4.78 is 15.5. The Labute approximate surface area is 188 Å². The lowest BCUT2D eigenvalue weighted by molar-refractivity contribution is 0.351. The summed E-state index contributed by atoms with van der Waals surface area (Å²) >= 11 is 1.49. The number of hydrogen-bond acceptors (Lipinski definition) is 7.